The van der Waals surface area contributed by atoms with Crippen molar-refractivity contribution < 1.29 is 14.3 Å². The molecular weight excluding hydrogens is 134 g/mol. The van der Waals surface area contributed by atoms with Crippen LogP contribution in [0.4, 0.5) is 0 Å². The number of hydrogen-bond acceptors (Lipinski definition) is 4. The third kappa shape index (κ3) is 1.32. The summed E-state index contributed by atoms with van der Waals surface area (Å²) in [5.41, 5.74) is 0. The fraction of sp³-hybridized carbons (Fsp3) is 0.667. The SMILES string of the molecule is COC(C#N)(OC)C(C)=O. The van der Waals surface area contributed by atoms with Gasteiger partial charge in [0.25, 0.3) is 0 Å². The van der Waals surface area contributed by atoms with Crippen LogP contribution >= 0.6 is 0 Å². The molecule has 0 rings (SSSR count). The molecule has 0 radical (unpaired) electrons. The Bertz CT molecular complexity index is 166. The lowest BCUT2D eigenvalue weighted by atomic mass is 10.2. The standard InChI is InChI=1S/C6H9NO3/c1-5(8)6(4-7,9-2)10-3/h1-3H3. The first-order valence-corrected chi connectivity index (χ1v) is 2.65. The average Bonchev–Trinajstić information content (AvgIpc) is 1.92. The van der Waals surface area contributed by atoms with Gasteiger partial charge in [-0.2, -0.15) is 5.26 Å². The molecule has 0 aliphatic heterocycles. The lowest BCUT2D eigenvalue weighted by molar-refractivity contribution is -0.180. The van der Waals surface area contributed by atoms with Crippen molar-refractivity contribution in [1.29, 1.82) is 5.26 Å². The Morgan fingerprint density at radius 3 is 1.90 bits per heavy atom. The molecule has 4 nitrogen and oxygen atoms in total. The summed E-state index contributed by atoms with van der Waals surface area (Å²) in [7, 11) is 2.49. The maximum atomic E-state index is 10.7. The van der Waals surface area contributed by atoms with E-state index >= 15 is 0 Å². The molecule has 0 aromatic rings. The second kappa shape index (κ2) is 3.30. The van der Waals surface area contributed by atoms with Crippen LogP contribution in [0.15, 0.2) is 0 Å². The van der Waals surface area contributed by atoms with Crippen molar-refractivity contribution in [2.24, 2.45) is 0 Å². The van der Waals surface area contributed by atoms with Gasteiger partial charge >= 0.3 is 5.79 Å². The van der Waals surface area contributed by atoms with Crippen molar-refractivity contribution in [3.8, 4) is 6.07 Å². The van der Waals surface area contributed by atoms with Crippen molar-refractivity contribution in [2.75, 3.05) is 14.2 Å². The number of methoxy groups -OCH3 is 2. The molecule has 0 heterocycles. The van der Waals surface area contributed by atoms with Crippen LogP contribution in [0.25, 0.3) is 0 Å². The molecule has 0 unspecified atom stereocenters. The molecule has 0 saturated carbocycles. The van der Waals surface area contributed by atoms with E-state index in [9.17, 15) is 4.79 Å². The number of carbonyl (C=O) groups excluding carboxylic acids is 1. The Labute approximate surface area is 59.3 Å². The van der Waals surface area contributed by atoms with Crippen LogP contribution in [-0.2, 0) is 14.3 Å². The molecule has 10 heavy (non-hydrogen) atoms. The van der Waals surface area contributed by atoms with Crippen LogP contribution in [0, 0.1) is 11.3 Å². The van der Waals surface area contributed by atoms with Gasteiger partial charge in [0, 0.05) is 21.1 Å². The average molecular weight is 143 g/mol. The van der Waals surface area contributed by atoms with Gasteiger partial charge in [0.15, 0.2) is 0 Å². The summed E-state index contributed by atoms with van der Waals surface area (Å²) in [6.07, 6.45) is 0. The van der Waals surface area contributed by atoms with Crippen molar-refractivity contribution in [3.63, 3.8) is 0 Å². The quantitative estimate of drug-likeness (QED) is 0.525. The van der Waals surface area contributed by atoms with Gasteiger partial charge in [-0.05, 0) is 0 Å². The van der Waals surface area contributed by atoms with Crippen LogP contribution in [0.5, 0.6) is 0 Å². The van der Waals surface area contributed by atoms with Crippen LogP contribution in [0.1, 0.15) is 6.92 Å². The Morgan fingerprint density at radius 1 is 1.50 bits per heavy atom. The number of hydrogen-bond donors (Lipinski definition) is 0. The van der Waals surface area contributed by atoms with E-state index in [-0.39, 0.29) is 0 Å². The first-order valence-electron chi connectivity index (χ1n) is 2.65. The van der Waals surface area contributed by atoms with Crippen LogP contribution in [-0.4, -0.2) is 25.8 Å². The van der Waals surface area contributed by atoms with E-state index in [2.05, 4.69) is 9.47 Å². The molecule has 4 heteroatoms. The number of ether oxygens (including phenoxy) is 2. The molecule has 0 amide bonds. The van der Waals surface area contributed by atoms with E-state index in [0.717, 1.165) is 0 Å². The first kappa shape index (κ1) is 9.08. The number of Topliss-reactive ketones (excluding diaryl/α,β-unsaturated/α-hetero) is 1. The molecule has 0 aromatic heterocycles. The minimum Gasteiger partial charge on any atom is -0.336 e. The molecule has 0 aromatic carbocycles. The third-order valence-electron chi connectivity index (χ3n) is 1.19. The summed E-state index contributed by atoms with van der Waals surface area (Å²) in [5, 5.41) is 8.43. The summed E-state index contributed by atoms with van der Waals surface area (Å²) >= 11 is 0. The van der Waals surface area contributed by atoms with Crippen LogP contribution < -0.4 is 0 Å². The van der Waals surface area contributed by atoms with E-state index in [1.165, 1.54) is 21.1 Å². The smallest absolute Gasteiger partial charge is 0.319 e. The molecule has 0 bridgehead atoms. The number of carbonyl (C=O) groups is 1. The number of ketones is 1. The lowest BCUT2D eigenvalue weighted by Crippen LogP contribution is -2.39. The maximum absolute atomic E-state index is 10.7. The molecule has 0 aliphatic rings. The Hall–Kier alpha value is -0.920. The predicted octanol–water partition coefficient (Wildman–Crippen LogP) is 0.0881. The normalized spacial score (nSPS) is 10.6. The van der Waals surface area contributed by atoms with Crippen molar-refractivity contribution in [3.05, 3.63) is 0 Å². The molecule has 0 spiro atoms. The highest BCUT2D eigenvalue weighted by molar-refractivity contribution is 5.86. The molecule has 0 fully saturated rings. The summed E-state index contributed by atoms with van der Waals surface area (Å²) in [6.45, 7) is 1.23. The van der Waals surface area contributed by atoms with Gasteiger partial charge in [-0.1, -0.05) is 0 Å². The number of rotatable bonds is 3. The zero-order valence-electron chi connectivity index (χ0n) is 6.17. The zero-order valence-corrected chi connectivity index (χ0v) is 6.17. The van der Waals surface area contributed by atoms with Gasteiger partial charge in [0.2, 0.25) is 5.78 Å². The highest BCUT2D eigenvalue weighted by atomic mass is 16.7. The van der Waals surface area contributed by atoms with E-state index in [1.54, 1.807) is 6.07 Å². The summed E-state index contributed by atoms with van der Waals surface area (Å²) < 4.78 is 9.13. The van der Waals surface area contributed by atoms with Gasteiger partial charge in [0.1, 0.15) is 6.07 Å². The largest absolute Gasteiger partial charge is 0.336 e. The lowest BCUT2D eigenvalue weighted by Gasteiger charge is -2.18. The van der Waals surface area contributed by atoms with Gasteiger partial charge in [-0.25, -0.2) is 0 Å². The molecule has 0 saturated heterocycles. The molecule has 0 aliphatic carbocycles. The number of nitriles is 1. The van der Waals surface area contributed by atoms with E-state index in [1.807, 2.05) is 0 Å². The van der Waals surface area contributed by atoms with Crippen LogP contribution in [0.3, 0.4) is 0 Å². The molecule has 0 atom stereocenters. The molecule has 0 N–H and O–H groups in total. The second-order valence-electron chi connectivity index (χ2n) is 1.69. The highest BCUT2D eigenvalue weighted by Gasteiger charge is 2.35. The van der Waals surface area contributed by atoms with Crippen molar-refractivity contribution in [2.45, 2.75) is 12.7 Å². The maximum Gasteiger partial charge on any atom is 0.319 e. The number of nitrogens with zero attached hydrogens (tertiary/aromatic N) is 1. The molecule has 56 valence electrons. The van der Waals surface area contributed by atoms with E-state index in [4.69, 9.17) is 5.26 Å². The van der Waals surface area contributed by atoms with Crippen molar-refractivity contribution >= 4 is 5.78 Å². The van der Waals surface area contributed by atoms with Gasteiger partial charge in [-0.3, -0.25) is 4.79 Å². The van der Waals surface area contributed by atoms with Crippen molar-refractivity contribution in [1.82, 2.24) is 0 Å². The van der Waals surface area contributed by atoms with Crippen LogP contribution in [0.2, 0.25) is 0 Å². The van der Waals surface area contributed by atoms with E-state index in [0.29, 0.717) is 0 Å². The minimum absolute atomic E-state index is 0.458. The third-order valence-corrected chi connectivity index (χ3v) is 1.19. The fourth-order valence-corrected chi connectivity index (χ4v) is 0.541. The van der Waals surface area contributed by atoms with Gasteiger partial charge in [0.05, 0.1) is 0 Å². The Kier molecular flexibility index (Phi) is 3.00. The van der Waals surface area contributed by atoms with E-state index < -0.39 is 11.6 Å². The first-order chi connectivity index (χ1) is 4.63. The summed E-state index contributed by atoms with van der Waals surface area (Å²) in [5.74, 6) is -2.17. The Morgan fingerprint density at radius 2 is 1.90 bits per heavy atom. The molecular formula is C6H9NO3. The monoisotopic (exact) mass is 143 g/mol. The summed E-state index contributed by atoms with van der Waals surface area (Å²) in [4.78, 5) is 10.7. The predicted molar refractivity (Wildman–Crippen MR) is 33.0 cm³/mol. The topological polar surface area (TPSA) is 59.3 Å². The second-order valence-corrected chi connectivity index (χ2v) is 1.69. The fourth-order valence-electron chi connectivity index (χ4n) is 0.541. The zero-order chi connectivity index (χ0) is 8.20. The highest BCUT2D eigenvalue weighted by Crippen LogP contribution is 2.09. The summed E-state index contributed by atoms with van der Waals surface area (Å²) in [6, 6.07) is 1.62. The minimum atomic E-state index is -1.71. The Balaban J connectivity index is 4.52. The van der Waals surface area contributed by atoms with Gasteiger partial charge < -0.3 is 9.47 Å². The van der Waals surface area contributed by atoms with Gasteiger partial charge in [-0.15, -0.1) is 0 Å².